The Labute approximate surface area is 360 Å². The SMILES string of the molecule is C1CCOC1.C1CCOC1.CC(C)(C)c1cc2c(c(C(C)(C)C)c1)[O][AlH][O]c1c(cc(C(C)(C)C)cc1C(C)(C)C)C=NC1CCCCC1N=C2.O=[C-]OOO.[Co]. The summed E-state index contributed by atoms with van der Waals surface area (Å²) < 4.78 is 23.4. The molecule has 1 radical (unpaired) electrons. The normalized spacial score (nSPS) is 19.3. The summed E-state index contributed by atoms with van der Waals surface area (Å²) in [6.45, 7) is 32.1. The minimum absolute atomic E-state index is 0. The van der Waals surface area contributed by atoms with E-state index in [1.165, 1.54) is 60.8 Å². The number of fused-ring (bicyclic) bond motifs is 3. The molecule has 2 aromatic carbocycles. The van der Waals surface area contributed by atoms with Gasteiger partial charge in [-0.25, -0.2) is 5.26 Å². The molecule has 0 spiro atoms. The van der Waals surface area contributed by atoms with Crippen molar-refractivity contribution in [2.75, 3.05) is 26.4 Å². The Morgan fingerprint density at radius 2 is 0.982 bits per heavy atom. The standard InChI is InChI=1S/C36H54N2O2.2C4H8O.CHO4.Al.Co.H/c1-33(2,3)25-17-23(31(39)27(19-25)35(7,8)9)21-37-29-15-13-14-16-30(29)38-22-24-18-26(34(4,5)6)20-28(32(24)40)36(10,11)12;2*1-2-4-5-3-1;2-1-4-5-3;;;/h17-22,29-30,39-40H,13-16H2,1-12H3;2*1-4H2;3H;;;/q;;;-1;+2;;/p-2. The average Bonchev–Trinajstić information content (AvgIpc) is 3.90. The molecule has 12 heteroatoms. The molecule has 57 heavy (non-hydrogen) atoms. The second-order valence-electron chi connectivity index (χ2n) is 19.1. The van der Waals surface area contributed by atoms with Crippen molar-refractivity contribution in [3.8, 4) is 11.5 Å². The summed E-state index contributed by atoms with van der Waals surface area (Å²) in [4.78, 5) is 22.3. The number of benzene rings is 2. The molecule has 6 rings (SSSR count). The van der Waals surface area contributed by atoms with Crippen LogP contribution in [0.2, 0.25) is 0 Å². The molecule has 0 amide bonds. The number of aliphatic imine (C=N–C) groups is 2. The van der Waals surface area contributed by atoms with Crippen LogP contribution in [-0.2, 0) is 62.6 Å². The van der Waals surface area contributed by atoms with Gasteiger partial charge in [0.05, 0.1) is 23.6 Å². The van der Waals surface area contributed by atoms with Crippen LogP contribution < -0.4 is 7.58 Å². The number of nitrogens with zero attached hydrogens (tertiary/aromatic N) is 2. The van der Waals surface area contributed by atoms with Crippen LogP contribution in [0.15, 0.2) is 34.3 Å². The van der Waals surface area contributed by atoms with Crippen molar-refractivity contribution in [3.63, 3.8) is 0 Å². The molecule has 0 aromatic heterocycles. The van der Waals surface area contributed by atoms with E-state index in [2.05, 4.69) is 130 Å². The molecule has 2 unspecified atom stereocenters. The van der Waals surface area contributed by atoms with E-state index < -0.39 is 15.9 Å². The van der Waals surface area contributed by atoms with Gasteiger partial charge in [-0.05, 0) is 101 Å². The number of ether oxygens (including phenoxy) is 2. The molecular weight excluding hydrogens is 782 g/mol. The van der Waals surface area contributed by atoms with Crippen LogP contribution in [0.5, 0.6) is 11.5 Å². The van der Waals surface area contributed by atoms with Crippen LogP contribution in [0.4, 0.5) is 0 Å². The van der Waals surface area contributed by atoms with Gasteiger partial charge in [-0.3, -0.25) is 9.98 Å². The zero-order valence-corrected chi connectivity index (χ0v) is 39.3. The van der Waals surface area contributed by atoms with E-state index in [0.717, 1.165) is 68.4 Å². The molecule has 0 bridgehead atoms. The van der Waals surface area contributed by atoms with Crippen molar-refractivity contribution < 1.29 is 53.8 Å². The van der Waals surface area contributed by atoms with Gasteiger partial charge in [-0.1, -0.05) is 113 Å². The average molecular weight is 853 g/mol. The Balaban J connectivity index is 0.000000584. The van der Waals surface area contributed by atoms with Gasteiger partial charge in [0.25, 0.3) is 0 Å². The number of hydrogen-bond acceptors (Lipinski definition) is 10. The molecule has 2 saturated heterocycles. The third-order valence-electron chi connectivity index (χ3n) is 10.2. The van der Waals surface area contributed by atoms with Crippen LogP contribution in [0, 0.1) is 0 Å². The first kappa shape index (κ1) is 50.9. The van der Waals surface area contributed by atoms with Gasteiger partial charge in [0.15, 0.2) is 0 Å². The fourth-order valence-corrected chi connectivity index (χ4v) is 7.71. The summed E-state index contributed by atoms with van der Waals surface area (Å²) in [7, 11) is 0. The maximum atomic E-state index is 8.77. The second kappa shape index (κ2) is 23.5. The third-order valence-corrected chi connectivity index (χ3v) is 11.0. The molecule has 2 atom stereocenters. The largest absolute Gasteiger partial charge is 0.832 e. The fraction of sp³-hybridized carbons (Fsp3) is 0.667. The van der Waals surface area contributed by atoms with Crippen molar-refractivity contribution in [2.24, 2.45) is 9.98 Å². The van der Waals surface area contributed by atoms with Crippen LogP contribution >= 0.6 is 0 Å². The van der Waals surface area contributed by atoms with Crippen LogP contribution in [0.3, 0.4) is 0 Å². The third kappa shape index (κ3) is 16.7. The summed E-state index contributed by atoms with van der Waals surface area (Å²) in [6.07, 6.45) is 13.8. The van der Waals surface area contributed by atoms with E-state index in [0.29, 0.717) is 0 Å². The Bertz CT molecular complexity index is 1450. The first-order valence-electron chi connectivity index (χ1n) is 20.5. The zero-order chi connectivity index (χ0) is 41.6. The summed E-state index contributed by atoms with van der Waals surface area (Å²) in [5, 5.41) is 9.85. The van der Waals surface area contributed by atoms with E-state index in [1.807, 2.05) is 0 Å². The molecule has 3 heterocycles. The van der Waals surface area contributed by atoms with E-state index in [9.17, 15) is 0 Å². The summed E-state index contributed by atoms with van der Waals surface area (Å²) in [5.41, 5.74) is 7.01. The van der Waals surface area contributed by atoms with Gasteiger partial charge in [0.2, 0.25) is 0 Å². The van der Waals surface area contributed by atoms with Crippen LogP contribution in [0.25, 0.3) is 0 Å². The Kier molecular flexibility index (Phi) is 21.0. The van der Waals surface area contributed by atoms with E-state index in [1.54, 1.807) is 0 Å². The first-order chi connectivity index (χ1) is 26.3. The molecule has 1 N–H and O–H groups in total. The van der Waals surface area contributed by atoms with Crippen molar-refractivity contribution in [1.82, 2.24) is 0 Å². The Morgan fingerprint density at radius 1 is 0.614 bits per heavy atom. The molecular formula is C45H70AlCoN2O8-. The maximum Gasteiger partial charge on any atom is 0.832 e. The monoisotopic (exact) mass is 852 g/mol. The van der Waals surface area contributed by atoms with Gasteiger partial charge in [-0.2, -0.15) is 0 Å². The molecule has 3 aliphatic heterocycles. The van der Waals surface area contributed by atoms with E-state index in [4.69, 9.17) is 37.1 Å². The van der Waals surface area contributed by atoms with Crippen molar-refractivity contribution in [2.45, 2.75) is 168 Å². The van der Waals surface area contributed by atoms with Crippen molar-refractivity contribution >= 4 is 34.8 Å². The molecule has 321 valence electrons. The topological polar surface area (TPSA) is 117 Å². The molecule has 2 aromatic rings. The van der Waals surface area contributed by atoms with Gasteiger partial charge < -0.3 is 26.7 Å². The quantitative estimate of drug-likeness (QED) is 0.137. The van der Waals surface area contributed by atoms with Crippen LogP contribution in [-0.4, -0.2) is 78.6 Å². The smallest absolute Gasteiger partial charge is 0.614 e. The van der Waals surface area contributed by atoms with Gasteiger partial charge in [0.1, 0.15) is 0 Å². The summed E-state index contributed by atoms with van der Waals surface area (Å²) >= 11 is -1.44. The van der Waals surface area contributed by atoms with Crippen LogP contribution in [0.1, 0.15) is 168 Å². The van der Waals surface area contributed by atoms with Crippen molar-refractivity contribution in [1.29, 1.82) is 0 Å². The fourth-order valence-electron chi connectivity index (χ4n) is 6.77. The molecule has 10 nitrogen and oxygen atoms in total. The maximum absolute atomic E-state index is 8.77. The minimum atomic E-state index is -1.44. The predicted molar refractivity (Wildman–Crippen MR) is 228 cm³/mol. The molecule has 3 fully saturated rings. The zero-order valence-electron chi connectivity index (χ0n) is 36.8. The summed E-state index contributed by atoms with van der Waals surface area (Å²) in [5.74, 6) is 1.86. The Hall–Kier alpha value is -2.27. The van der Waals surface area contributed by atoms with Gasteiger partial charge >= 0.3 is 15.9 Å². The van der Waals surface area contributed by atoms with Gasteiger partial charge in [0, 0.05) is 66.8 Å². The van der Waals surface area contributed by atoms with Crippen molar-refractivity contribution in [3.05, 3.63) is 57.6 Å². The van der Waals surface area contributed by atoms with E-state index in [-0.39, 0.29) is 50.5 Å². The molecule has 1 saturated carbocycles. The number of carbonyl (C=O) groups excluding carboxylic acids is 1. The Morgan fingerprint density at radius 3 is 1.23 bits per heavy atom. The van der Waals surface area contributed by atoms with E-state index >= 15 is 0 Å². The molecule has 1 aliphatic carbocycles. The minimum Gasteiger partial charge on any atom is -0.614 e. The number of rotatable bonds is 2. The second-order valence-corrected chi connectivity index (χ2v) is 20.0. The number of hydrogen-bond donors (Lipinski definition) is 1. The predicted octanol–water partition coefficient (Wildman–Crippen LogP) is 9.83. The van der Waals surface area contributed by atoms with Gasteiger partial charge in [-0.15, -0.1) is 0 Å². The summed E-state index contributed by atoms with van der Waals surface area (Å²) in [6, 6.07) is 9.59. The first-order valence-corrected chi connectivity index (χ1v) is 21.6. The molecule has 4 aliphatic rings.